The summed E-state index contributed by atoms with van der Waals surface area (Å²) in [6.07, 6.45) is 1.50. The Kier molecular flexibility index (Phi) is 5.56. The number of fused-ring (bicyclic) bond motifs is 1. The van der Waals surface area contributed by atoms with E-state index in [2.05, 4.69) is 5.32 Å². The van der Waals surface area contributed by atoms with Crippen LogP contribution >= 0.6 is 0 Å². The molecule has 3 amide bonds. The number of hydrogen-bond donors (Lipinski definition) is 1. The molecular formula is C22H23N3O5. The zero-order valence-corrected chi connectivity index (χ0v) is 16.7. The van der Waals surface area contributed by atoms with Crippen molar-refractivity contribution in [1.82, 2.24) is 4.90 Å². The summed E-state index contributed by atoms with van der Waals surface area (Å²) in [4.78, 5) is 39.4. The van der Waals surface area contributed by atoms with Gasteiger partial charge in [-0.25, -0.2) is 0 Å². The number of benzene rings is 2. The summed E-state index contributed by atoms with van der Waals surface area (Å²) < 4.78 is 11.1. The molecule has 0 unspecified atom stereocenters. The van der Waals surface area contributed by atoms with Crippen LogP contribution in [0.3, 0.4) is 0 Å². The molecule has 0 saturated carbocycles. The van der Waals surface area contributed by atoms with Crippen molar-refractivity contribution >= 4 is 29.1 Å². The van der Waals surface area contributed by atoms with Crippen LogP contribution in [0.4, 0.5) is 11.4 Å². The molecule has 0 atom stereocenters. The van der Waals surface area contributed by atoms with Crippen molar-refractivity contribution in [3.63, 3.8) is 0 Å². The first-order chi connectivity index (χ1) is 14.5. The number of nitrogens with zero attached hydrogens (tertiary/aromatic N) is 2. The average molecular weight is 409 g/mol. The van der Waals surface area contributed by atoms with Crippen molar-refractivity contribution in [2.24, 2.45) is 0 Å². The van der Waals surface area contributed by atoms with Crippen molar-refractivity contribution in [3.8, 4) is 11.5 Å². The van der Waals surface area contributed by atoms with Crippen molar-refractivity contribution in [2.45, 2.75) is 12.8 Å². The minimum absolute atomic E-state index is 0.00786. The van der Waals surface area contributed by atoms with Crippen LogP contribution < -0.4 is 19.7 Å². The molecule has 1 N–H and O–H groups in total. The molecule has 2 aliphatic heterocycles. The number of ether oxygens (including phenoxy) is 2. The maximum atomic E-state index is 12.7. The zero-order valence-electron chi connectivity index (χ0n) is 16.7. The average Bonchev–Trinajstić information content (AvgIpc) is 3.16. The third-order valence-electron chi connectivity index (χ3n) is 5.20. The number of amides is 3. The molecule has 1 fully saturated rings. The molecule has 0 aromatic heterocycles. The van der Waals surface area contributed by atoms with Crippen LogP contribution in [0.2, 0.25) is 0 Å². The second-order valence-corrected chi connectivity index (χ2v) is 7.24. The largest absolute Gasteiger partial charge is 0.492 e. The van der Waals surface area contributed by atoms with Gasteiger partial charge in [0.05, 0.1) is 12.2 Å². The number of carbonyl (C=O) groups is 3. The van der Waals surface area contributed by atoms with Gasteiger partial charge >= 0.3 is 0 Å². The smallest absolute Gasteiger partial charge is 0.264 e. The van der Waals surface area contributed by atoms with Gasteiger partial charge in [0.25, 0.3) is 11.8 Å². The summed E-state index contributed by atoms with van der Waals surface area (Å²) >= 11 is 0. The van der Waals surface area contributed by atoms with Gasteiger partial charge in [-0.1, -0.05) is 6.07 Å². The van der Waals surface area contributed by atoms with Gasteiger partial charge in [0.2, 0.25) is 5.91 Å². The Bertz CT molecular complexity index is 990. The highest BCUT2D eigenvalue weighted by Gasteiger charge is 2.23. The first kappa shape index (κ1) is 19.8. The standard InChI is InChI=1S/C22H23N3O5/c1-24-18-13-16(7-8-19(18)30-14-21(24)27)23-22(28)15-4-2-5-17(12-15)29-11-10-25-9-3-6-20(25)26/h2,4-5,7-8,12-13H,3,6,9-11,14H2,1H3,(H,23,28). The lowest BCUT2D eigenvalue weighted by Gasteiger charge is -2.26. The summed E-state index contributed by atoms with van der Waals surface area (Å²) in [6.45, 7) is 1.70. The van der Waals surface area contributed by atoms with E-state index in [0.717, 1.165) is 13.0 Å². The van der Waals surface area contributed by atoms with Gasteiger partial charge in [0, 0.05) is 31.3 Å². The van der Waals surface area contributed by atoms with Crippen LogP contribution in [-0.2, 0) is 9.59 Å². The maximum absolute atomic E-state index is 12.7. The Morgan fingerprint density at radius 2 is 2.03 bits per heavy atom. The molecule has 2 aliphatic rings. The Morgan fingerprint density at radius 3 is 2.83 bits per heavy atom. The van der Waals surface area contributed by atoms with Gasteiger partial charge in [-0.3, -0.25) is 14.4 Å². The summed E-state index contributed by atoms with van der Waals surface area (Å²) in [5.41, 5.74) is 1.61. The first-order valence-corrected chi connectivity index (χ1v) is 9.86. The van der Waals surface area contributed by atoms with Gasteiger partial charge < -0.3 is 24.6 Å². The van der Waals surface area contributed by atoms with Crippen molar-refractivity contribution in [1.29, 1.82) is 0 Å². The fourth-order valence-corrected chi connectivity index (χ4v) is 3.49. The third-order valence-corrected chi connectivity index (χ3v) is 5.20. The van der Waals surface area contributed by atoms with E-state index in [1.54, 1.807) is 54.4 Å². The topological polar surface area (TPSA) is 88.2 Å². The van der Waals surface area contributed by atoms with Gasteiger partial charge in [-0.05, 0) is 42.8 Å². The lowest BCUT2D eigenvalue weighted by atomic mass is 10.1. The van der Waals surface area contributed by atoms with E-state index >= 15 is 0 Å². The van der Waals surface area contributed by atoms with Crippen LogP contribution in [0.25, 0.3) is 0 Å². The molecule has 0 radical (unpaired) electrons. The van der Waals surface area contributed by atoms with E-state index in [1.807, 2.05) is 0 Å². The van der Waals surface area contributed by atoms with E-state index in [-0.39, 0.29) is 24.3 Å². The minimum atomic E-state index is -0.291. The molecule has 8 heteroatoms. The number of hydrogen-bond acceptors (Lipinski definition) is 5. The highest BCUT2D eigenvalue weighted by Crippen LogP contribution is 2.33. The van der Waals surface area contributed by atoms with Crippen LogP contribution in [-0.4, -0.2) is 56.0 Å². The van der Waals surface area contributed by atoms with E-state index in [0.29, 0.717) is 48.0 Å². The summed E-state index contributed by atoms with van der Waals surface area (Å²) in [5, 5.41) is 2.84. The van der Waals surface area contributed by atoms with E-state index in [1.165, 1.54) is 4.90 Å². The molecule has 0 bridgehead atoms. The molecule has 1 saturated heterocycles. The lowest BCUT2D eigenvalue weighted by molar-refractivity contribution is -0.128. The summed E-state index contributed by atoms with van der Waals surface area (Å²) in [6, 6.07) is 12.1. The molecule has 156 valence electrons. The van der Waals surface area contributed by atoms with Crippen molar-refractivity contribution in [3.05, 3.63) is 48.0 Å². The molecule has 8 nitrogen and oxygen atoms in total. The number of carbonyl (C=O) groups excluding carboxylic acids is 3. The molecule has 2 aromatic rings. The van der Waals surface area contributed by atoms with Gasteiger partial charge in [-0.2, -0.15) is 0 Å². The SMILES string of the molecule is CN1C(=O)COc2ccc(NC(=O)c3cccc(OCCN4CCCC4=O)c3)cc21. The number of likely N-dealkylation sites (tertiary alicyclic amines) is 1. The van der Waals surface area contributed by atoms with Crippen molar-refractivity contribution < 1.29 is 23.9 Å². The predicted octanol–water partition coefficient (Wildman–Crippen LogP) is 2.30. The second-order valence-electron chi connectivity index (χ2n) is 7.24. The van der Waals surface area contributed by atoms with Gasteiger partial charge in [-0.15, -0.1) is 0 Å². The Balaban J connectivity index is 1.38. The molecule has 2 aromatic carbocycles. The normalized spacial score (nSPS) is 15.6. The quantitative estimate of drug-likeness (QED) is 0.791. The summed E-state index contributed by atoms with van der Waals surface area (Å²) in [5.74, 6) is 0.891. The van der Waals surface area contributed by atoms with Crippen LogP contribution in [0.15, 0.2) is 42.5 Å². The van der Waals surface area contributed by atoms with Crippen molar-refractivity contribution in [2.75, 3.05) is 43.6 Å². The summed E-state index contributed by atoms with van der Waals surface area (Å²) in [7, 11) is 1.67. The number of anilines is 2. The molecule has 4 rings (SSSR count). The zero-order chi connectivity index (χ0) is 21.1. The highest BCUT2D eigenvalue weighted by atomic mass is 16.5. The second kappa shape index (κ2) is 8.44. The molecule has 0 spiro atoms. The fourth-order valence-electron chi connectivity index (χ4n) is 3.49. The van der Waals surface area contributed by atoms with Crippen LogP contribution in [0.1, 0.15) is 23.2 Å². The fraction of sp³-hybridized carbons (Fsp3) is 0.318. The Labute approximate surface area is 174 Å². The molecule has 30 heavy (non-hydrogen) atoms. The predicted molar refractivity (Wildman–Crippen MR) is 111 cm³/mol. The molecule has 2 heterocycles. The lowest BCUT2D eigenvalue weighted by Crippen LogP contribution is -2.35. The maximum Gasteiger partial charge on any atom is 0.264 e. The Morgan fingerprint density at radius 1 is 1.17 bits per heavy atom. The van der Waals surface area contributed by atoms with E-state index < -0.39 is 0 Å². The van der Waals surface area contributed by atoms with Gasteiger partial charge in [0.15, 0.2) is 6.61 Å². The monoisotopic (exact) mass is 409 g/mol. The van der Waals surface area contributed by atoms with Gasteiger partial charge in [0.1, 0.15) is 18.1 Å². The third kappa shape index (κ3) is 4.22. The molecule has 0 aliphatic carbocycles. The van der Waals surface area contributed by atoms with Crippen LogP contribution in [0.5, 0.6) is 11.5 Å². The number of rotatable bonds is 6. The Hall–Kier alpha value is -3.55. The highest BCUT2D eigenvalue weighted by molar-refractivity contribution is 6.05. The minimum Gasteiger partial charge on any atom is -0.492 e. The molecular weight excluding hydrogens is 386 g/mol. The number of nitrogens with one attached hydrogen (secondary N) is 1. The number of likely N-dealkylation sites (N-methyl/N-ethyl adjacent to an activating group) is 1. The van der Waals surface area contributed by atoms with E-state index in [9.17, 15) is 14.4 Å². The van der Waals surface area contributed by atoms with Crippen LogP contribution in [0, 0.1) is 0 Å². The van der Waals surface area contributed by atoms with E-state index in [4.69, 9.17) is 9.47 Å². The first-order valence-electron chi connectivity index (χ1n) is 9.86.